The molecule has 26 heavy (non-hydrogen) atoms. The molecule has 2 heterocycles. The van der Waals surface area contributed by atoms with Gasteiger partial charge in [-0.3, -0.25) is 4.90 Å². The van der Waals surface area contributed by atoms with Gasteiger partial charge in [0.15, 0.2) is 0 Å². The first-order chi connectivity index (χ1) is 12.4. The lowest BCUT2D eigenvalue weighted by Crippen LogP contribution is -2.35. The van der Waals surface area contributed by atoms with Crippen LogP contribution in [0.3, 0.4) is 0 Å². The van der Waals surface area contributed by atoms with Crippen LogP contribution in [0.4, 0.5) is 19.0 Å². The molecule has 0 aliphatic carbocycles. The number of aryl methyl sites for hydroxylation is 1. The monoisotopic (exact) mass is 363 g/mol. The number of likely N-dealkylation sites (tertiary alicyclic amines) is 1. The second-order valence-corrected chi connectivity index (χ2v) is 6.98. The number of rotatable bonds is 5. The number of hydrogen-bond acceptors (Lipinski definition) is 3. The largest absolute Gasteiger partial charge is 0.416 e. The van der Waals surface area contributed by atoms with Crippen molar-refractivity contribution in [3.05, 3.63) is 59.3 Å². The van der Waals surface area contributed by atoms with Crippen LogP contribution in [0.25, 0.3) is 0 Å². The first kappa shape index (κ1) is 18.7. The topological polar surface area (TPSA) is 42.1 Å². The first-order valence-corrected chi connectivity index (χ1v) is 9.00. The smallest absolute Gasteiger partial charge is 0.383 e. The minimum absolute atomic E-state index is 0.397. The fourth-order valence-corrected chi connectivity index (χ4v) is 3.73. The van der Waals surface area contributed by atoms with Gasteiger partial charge < -0.3 is 5.73 Å². The van der Waals surface area contributed by atoms with Gasteiger partial charge in [-0.15, -0.1) is 0 Å². The number of alkyl halides is 3. The van der Waals surface area contributed by atoms with Crippen molar-refractivity contribution in [2.24, 2.45) is 5.92 Å². The van der Waals surface area contributed by atoms with Gasteiger partial charge in [0, 0.05) is 24.8 Å². The summed E-state index contributed by atoms with van der Waals surface area (Å²) in [5, 5.41) is 0. The van der Waals surface area contributed by atoms with E-state index in [2.05, 4.69) is 9.88 Å². The standard InChI is InChI=1S/C20H24F3N3/c21-20(22,23)18-8-2-1-6-16(18)10-9-15-5-4-12-26(13-15)14-17-7-3-11-25-19(17)24/h1-3,6-8,11,15H,4-5,9-10,12-14H2,(H2,24,25). The highest BCUT2D eigenvalue weighted by Crippen LogP contribution is 2.33. The lowest BCUT2D eigenvalue weighted by molar-refractivity contribution is -0.138. The number of pyridine rings is 1. The van der Waals surface area contributed by atoms with Gasteiger partial charge in [0.25, 0.3) is 0 Å². The van der Waals surface area contributed by atoms with E-state index in [1.807, 2.05) is 12.1 Å². The average molecular weight is 363 g/mol. The third-order valence-electron chi connectivity index (χ3n) is 5.07. The second-order valence-electron chi connectivity index (χ2n) is 6.98. The van der Waals surface area contributed by atoms with Crippen LogP contribution >= 0.6 is 0 Å². The van der Waals surface area contributed by atoms with E-state index in [9.17, 15) is 13.2 Å². The van der Waals surface area contributed by atoms with Crippen molar-refractivity contribution < 1.29 is 13.2 Å². The van der Waals surface area contributed by atoms with Gasteiger partial charge in [-0.25, -0.2) is 4.98 Å². The molecule has 3 nitrogen and oxygen atoms in total. The minimum atomic E-state index is -4.28. The van der Waals surface area contributed by atoms with Gasteiger partial charge >= 0.3 is 6.18 Å². The summed E-state index contributed by atoms with van der Waals surface area (Å²) in [6, 6.07) is 9.76. The van der Waals surface area contributed by atoms with E-state index in [0.29, 0.717) is 23.7 Å². The number of nitrogen functional groups attached to an aromatic ring is 1. The summed E-state index contributed by atoms with van der Waals surface area (Å²) in [6.07, 6.45) is 0.747. The van der Waals surface area contributed by atoms with E-state index in [4.69, 9.17) is 5.73 Å². The molecule has 0 amide bonds. The molecule has 1 atom stereocenters. The summed E-state index contributed by atoms with van der Waals surface area (Å²) in [6.45, 7) is 2.63. The number of anilines is 1. The van der Waals surface area contributed by atoms with E-state index in [1.54, 1.807) is 18.3 Å². The van der Waals surface area contributed by atoms with Crippen LogP contribution in [-0.2, 0) is 19.1 Å². The third kappa shape index (κ3) is 4.75. The molecule has 1 saturated heterocycles. The predicted octanol–water partition coefficient (Wildman–Crippen LogP) is 4.53. The Hall–Kier alpha value is -2.08. The Morgan fingerprint density at radius 1 is 1.12 bits per heavy atom. The molecular weight excluding hydrogens is 339 g/mol. The Balaban J connectivity index is 1.59. The summed E-state index contributed by atoms with van der Waals surface area (Å²) < 4.78 is 39.4. The molecule has 1 unspecified atom stereocenters. The van der Waals surface area contributed by atoms with Crippen molar-refractivity contribution >= 4 is 5.82 Å². The van der Waals surface area contributed by atoms with Gasteiger partial charge in [0.05, 0.1) is 5.56 Å². The molecule has 140 valence electrons. The molecule has 2 aromatic rings. The van der Waals surface area contributed by atoms with Crippen molar-refractivity contribution in [3.8, 4) is 0 Å². The van der Waals surface area contributed by atoms with Gasteiger partial charge in [-0.2, -0.15) is 13.2 Å². The maximum atomic E-state index is 13.1. The molecule has 1 aromatic carbocycles. The molecule has 1 fully saturated rings. The molecule has 0 bridgehead atoms. The Bertz CT molecular complexity index is 730. The average Bonchev–Trinajstić information content (AvgIpc) is 2.62. The number of hydrogen-bond donors (Lipinski definition) is 1. The maximum absolute atomic E-state index is 13.1. The van der Waals surface area contributed by atoms with Gasteiger partial charge in [0.2, 0.25) is 0 Å². The maximum Gasteiger partial charge on any atom is 0.416 e. The summed E-state index contributed by atoms with van der Waals surface area (Å²) >= 11 is 0. The quantitative estimate of drug-likeness (QED) is 0.849. The summed E-state index contributed by atoms with van der Waals surface area (Å²) in [4.78, 5) is 6.45. The first-order valence-electron chi connectivity index (χ1n) is 9.00. The Labute approximate surface area is 152 Å². The van der Waals surface area contributed by atoms with E-state index in [-0.39, 0.29) is 0 Å². The normalized spacial score (nSPS) is 18.8. The molecular formula is C20H24F3N3. The SMILES string of the molecule is Nc1ncccc1CN1CCCC(CCc2ccccc2C(F)(F)F)C1. The summed E-state index contributed by atoms with van der Waals surface area (Å²) in [7, 11) is 0. The molecule has 6 heteroatoms. The minimum Gasteiger partial charge on any atom is -0.383 e. The molecule has 0 spiro atoms. The Morgan fingerprint density at radius 3 is 2.65 bits per heavy atom. The lowest BCUT2D eigenvalue weighted by Gasteiger charge is -2.33. The number of nitrogens with zero attached hydrogens (tertiary/aromatic N) is 2. The van der Waals surface area contributed by atoms with Crippen LogP contribution in [0.1, 0.15) is 36.0 Å². The highest BCUT2D eigenvalue weighted by molar-refractivity contribution is 5.38. The van der Waals surface area contributed by atoms with Crippen molar-refractivity contribution in [1.29, 1.82) is 0 Å². The third-order valence-corrected chi connectivity index (χ3v) is 5.07. The molecule has 1 aromatic heterocycles. The van der Waals surface area contributed by atoms with Crippen molar-refractivity contribution in [2.45, 2.75) is 38.4 Å². The van der Waals surface area contributed by atoms with Crippen LogP contribution in [0.5, 0.6) is 0 Å². The van der Waals surface area contributed by atoms with Crippen LogP contribution in [0.15, 0.2) is 42.6 Å². The van der Waals surface area contributed by atoms with Crippen LogP contribution in [0, 0.1) is 5.92 Å². The molecule has 0 saturated carbocycles. The lowest BCUT2D eigenvalue weighted by atomic mass is 9.90. The molecule has 1 aliphatic heterocycles. The summed E-state index contributed by atoms with van der Waals surface area (Å²) in [5.41, 5.74) is 6.82. The van der Waals surface area contributed by atoms with E-state index >= 15 is 0 Å². The van der Waals surface area contributed by atoms with Crippen molar-refractivity contribution in [1.82, 2.24) is 9.88 Å². The van der Waals surface area contributed by atoms with Gasteiger partial charge in [0.1, 0.15) is 5.82 Å². The molecule has 3 rings (SSSR count). The van der Waals surface area contributed by atoms with Gasteiger partial charge in [-0.1, -0.05) is 24.3 Å². The number of benzene rings is 1. The predicted molar refractivity (Wildman–Crippen MR) is 96.4 cm³/mol. The number of aromatic nitrogens is 1. The fourth-order valence-electron chi connectivity index (χ4n) is 3.73. The Kier molecular flexibility index (Phi) is 5.81. The van der Waals surface area contributed by atoms with Crippen LogP contribution < -0.4 is 5.73 Å². The number of nitrogens with two attached hydrogens (primary N) is 1. The zero-order chi connectivity index (χ0) is 18.6. The molecule has 1 aliphatic rings. The number of piperidine rings is 1. The van der Waals surface area contributed by atoms with Crippen LogP contribution in [0.2, 0.25) is 0 Å². The molecule has 0 radical (unpaired) electrons. The Morgan fingerprint density at radius 2 is 1.88 bits per heavy atom. The molecule has 2 N–H and O–H groups in total. The number of halogens is 3. The van der Waals surface area contributed by atoms with Crippen molar-refractivity contribution in [2.75, 3.05) is 18.8 Å². The highest BCUT2D eigenvalue weighted by Gasteiger charge is 2.33. The zero-order valence-electron chi connectivity index (χ0n) is 14.7. The van der Waals surface area contributed by atoms with E-state index in [1.165, 1.54) is 12.1 Å². The van der Waals surface area contributed by atoms with Gasteiger partial charge in [-0.05, 0) is 55.8 Å². The zero-order valence-corrected chi connectivity index (χ0v) is 14.7. The fraction of sp³-hybridized carbons (Fsp3) is 0.450. The summed E-state index contributed by atoms with van der Waals surface area (Å²) in [5.74, 6) is 0.955. The van der Waals surface area contributed by atoms with E-state index in [0.717, 1.165) is 44.5 Å². The van der Waals surface area contributed by atoms with Crippen molar-refractivity contribution in [3.63, 3.8) is 0 Å². The van der Waals surface area contributed by atoms with Crippen LogP contribution in [-0.4, -0.2) is 23.0 Å². The van der Waals surface area contributed by atoms with E-state index < -0.39 is 11.7 Å². The second kappa shape index (κ2) is 8.08. The highest BCUT2D eigenvalue weighted by atomic mass is 19.4.